The molecule has 5 atom stereocenters. The first-order valence-electron chi connectivity index (χ1n) is 10.3. The lowest BCUT2D eigenvalue weighted by Crippen LogP contribution is -2.63. The SMILES string of the molecule is COc1cc(C(=O)OC2OC(COC(C)=O)C(OC(C)=O)C(OC(C)=O)C2OC(C)=O)ccc1O. The number of aromatic hydroxyl groups is 1. The molecule has 1 N–H and O–H groups in total. The molecule has 0 radical (unpaired) electrons. The summed E-state index contributed by atoms with van der Waals surface area (Å²) < 4.78 is 36.7. The number of hydrogen-bond donors (Lipinski definition) is 1. The van der Waals surface area contributed by atoms with Crippen LogP contribution in [0.25, 0.3) is 0 Å². The summed E-state index contributed by atoms with van der Waals surface area (Å²) in [6.07, 6.45) is -7.38. The molecule has 13 heteroatoms. The fraction of sp³-hybridized carbons (Fsp3) is 0.500. The molecule has 1 aliphatic rings. The van der Waals surface area contributed by atoms with Crippen molar-refractivity contribution < 1.29 is 62.2 Å². The molecule has 1 fully saturated rings. The normalized spacial score (nSPS) is 23.4. The van der Waals surface area contributed by atoms with Gasteiger partial charge in [-0.2, -0.15) is 0 Å². The van der Waals surface area contributed by atoms with Crippen molar-refractivity contribution in [1.82, 2.24) is 0 Å². The Bertz CT molecular complexity index is 972. The van der Waals surface area contributed by atoms with E-state index in [1.807, 2.05) is 0 Å². The van der Waals surface area contributed by atoms with Crippen molar-refractivity contribution in [2.24, 2.45) is 0 Å². The third-order valence-electron chi connectivity index (χ3n) is 4.59. The van der Waals surface area contributed by atoms with Crippen LogP contribution in [0.3, 0.4) is 0 Å². The van der Waals surface area contributed by atoms with Gasteiger partial charge in [-0.05, 0) is 18.2 Å². The van der Waals surface area contributed by atoms with Crippen molar-refractivity contribution in [3.8, 4) is 11.5 Å². The molecule has 1 aromatic rings. The van der Waals surface area contributed by atoms with E-state index in [1.165, 1.54) is 25.3 Å². The van der Waals surface area contributed by atoms with Gasteiger partial charge in [-0.3, -0.25) is 19.2 Å². The number of methoxy groups -OCH3 is 1. The highest BCUT2D eigenvalue weighted by Gasteiger charge is 2.53. The smallest absolute Gasteiger partial charge is 0.340 e. The summed E-state index contributed by atoms with van der Waals surface area (Å²) in [6, 6.07) is 3.64. The van der Waals surface area contributed by atoms with E-state index >= 15 is 0 Å². The number of ether oxygens (including phenoxy) is 7. The van der Waals surface area contributed by atoms with Crippen LogP contribution in [0.2, 0.25) is 0 Å². The highest BCUT2D eigenvalue weighted by Crippen LogP contribution is 2.31. The molecule has 1 aromatic carbocycles. The molecule has 0 aliphatic carbocycles. The quantitative estimate of drug-likeness (QED) is 0.391. The molecule has 35 heavy (non-hydrogen) atoms. The van der Waals surface area contributed by atoms with Crippen LogP contribution >= 0.6 is 0 Å². The minimum atomic E-state index is -1.68. The minimum absolute atomic E-state index is 0.0130. The summed E-state index contributed by atoms with van der Waals surface area (Å²) in [5.74, 6) is -4.38. The second kappa shape index (κ2) is 12.0. The van der Waals surface area contributed by atoms with Gasteiger partial charge in [0.2, 0.25) is 12.4 Å². The molecule has 13 nitrogen and oxygen atoms in total. The monoisotopic (exact) mass is 498 g/mol. The summed E-state index contributed by atoms with van der Waals surface area (Å²) in [5.41, 5.74) is -0.0625. The zero-order valence-corrected chi connectivity index (χ0v) is 19.7. The van der Waals surface area contributed by atoms with Crippen LogP contribution in [0.1, 0.15) is 38.1 Å². The maximum absolute atomic E-state index is 12.8. The molecular weight excluding hydrogens is 472 g/mol. The van der Waals surface area contributed by atoms with Gasteiger partial charge in [0.05, 0.1) is 12.7 Å². The van der Waals surface area contributed by atoms with Crippen molar-refractivity contribution in [3.05, 3.63) is 23.8 Å². The fourth-order valence-electron chi connectivity index (χ4n) is 3.26. The van der Waals surface area contributed by atoms with Crippen LogP contribution in [0.4, 0.5) is 0 Å². The van der Waals surface area contributed by atoms with Crippen molar-refractivity contribution in [2.45, 2.75) is 58.4 Å². The van der Waals surface area contributed by atoms with Gasteiger partial charge in [-0.15, -0.1) is 0 Å². The lowest BCUT2D eigenvalue weighted by atomic mass is 9.98. The number of carbonyl (C=O) groups is 5. The predicted octanol–water partition coefficient (Wildman–Crippen LogP) is 0.641. The topological polar surface area (TPSA) is 170 Å². The van der Waals surface area contributed by atoms with Crippen LogP contribution in [0.15, 0.2) is 18.2 Å². The van der Waals surface area contributed by atoms with Crippen molar-refractivity contribution >= 4 is 29.8 Å². The number of benzene rings is 1. The van der Waals surface area contributed by atoms with Gasteiger partial charge in [-0.25, -0.2) is 4.79 Å². The molecule has 5 unspecified atom stereocenters. The molecule has 1 heterocycles. The highest BCUT2D eigenvalue weighted by atomic mass is 16.7. The Hall–Kier alpha value is -3.87. The van der Waals surface area contributed by atoms with Gasteiger partial charge < -0.3 is 38.3 Å². The number of phenols is 1. The summed E-state index contributed by atoms with van der Waals surface area (Å²) in [7, 11) is 1.28. The molecule has 2 rings (SSSR count). The first kappa shape index (κ1) is 27.4. The van der Waals surface area contributed by atoms with Gasteiger partial charge in [0.15, 0.2) is 23.7 Å². The van der Waals surface area contributed by atoms with Crippen LogP contribution in [0, 0.1) is 0 Å². The van der Waals surface area contributed by atoms with E-state index in [-0.39, 0.29) is 17.1 Å². The molecule has 1 saturated heterocycles. The summed E-state index contributed by atoms with van der Waals surface area (Å²) in [4.78, 5) is 59.6. The van der Waals surface area contributed by atoms with Crippen molar-refractivity contribution in [2.75, 3.05) is 13.7 Å². The van der Waals surface area contributed by atoms with Crippen molar-refractivity contribution in [1.29, 1.82) is 0 Å². The first-order chi connectivity index (χ1) is 16.4. The third-order valence-corrected chi connectivity index (χ3v) is 4.59. The standard InChI is InChI=1S/C22H26O13/c1-10(23)30-9-17-18(31-11(2)24)19(32-12(3)25)20(33-13(4)26)22(34-17)35-21(28)14-6-7-15(27)16(8-14)29-5/h6-8,17-20,22,27H,9H2,1-5H3. The summed E-state index contributed by atoms with van der Waals surface area (Å²) in [6.45, 7) is 3.86. The molecule has 0 amide bonds. The molecule has 192 valence electrons. The van der Waals surface area contributed by atoms with Gasteiger partial charge in [0.1, 0.15) is 12.7 Å². The second-order valence-corrected chi connectivity index (χ2v) is 7.36. The highest BCUT2D eigenvalue weighted by molar-refractivity contribution is 5.90. The Labute approximate surface area is 200 Å². The van der Waals surface area contributed by atoms with E-state index in [0.717, 1.165) is 27.7 Å². The van der Waals surface area contributed by atoms with Crippen molar-refractivity contribution in [3.63, 3.8) is 0 Å². The average molecular weight is 498 g/mol. The maximum Gasteiger partial charge on any atom is 0.340 e. The Morgan fingerprint density at radius 2 is 1.40 bits per heavy atom. The van der Waals surface area contributed by atoms with E-state index in [2.05, 4.69) is 0 Å². The largest absolute Gasteiger partial charge is 0.504 e. The Kier molecular flexibility index (Phi) is 9.40. The predicted molar refractivity (Wildman–Crippen MR) is 112 cm³/mol. The molecule has 0 spiro atoms. The van der Waals surface area contributed by atoms with Crippen LogP contribution < -0.4 is 4.74 Å². The lowest BCUT2D eigenvalue weighted by Gasteiger charge is -2.43. The van der Waals surface area contributed by atoms with Crippen LogP contribution in [0.5, 0.6) is 11.5 Å². The van der Waals surface area contributed by atoms with E-state index in [9.17, 15) is 29.1 Å². The number of esters is 5. The molecule has 1 aliphatic heterocycles. The van der Waals surface area contributed by atoms with Crippen LogP contribution in [-0.4, -0.2) is 79.4 Å². The zero-order chi connectivity index (χ0) is 26.3. The number of carbonyl (C=O) groups excluding carboxylic acids is 5. The fourth-order valence-corrected chi connectivity index (χ4v) is 3.26. The zero-order valence-electron chi connectivity index (χ0n) is 19.7. The van der Waals surface area contributed by atoms with Gasteiger partial charge in [-0.1, -0.05) is 0 Å². The van der Waals surface area contributed by atoms with E-state index < -0.39 is 67.2 Å². The molecule has 0 saturated carbocycles. The number of rotatable bonds is 8. The Morgan fingerprint density at radius 3 is 1.94 bits per heavy atom. The second-order valence-electron chi connectivity index (χ2n) is 7.36. The summed E-state index contributed by atoms with van der Waals surface area (Å²) in [5, 5.41) is 9.75. The molecule has 0 aromatic heterocycles. The molecular formula is C22H26O13. The van der Waals surface area contributed by atoms with Gasteiger partial charge in [0.25, 0.3) is 0 Å². The Morgan fingerprint density at radius 1 is 0.829 bits per heavy atom. The van der Waals surface area contributed by atoms with E-state index in [4.69, 9.17) is 33.2 Å². The first-order valence-corrected chi connectivity index (χ1v) is 10.3. The lowest BCUT2D eigenvalue weighted by molar-refractivity contribution is -0.294. The third kappa shape index (κ3) is 7.57. The van der Waals surface area contributed by atoms with Gasteiger partial charge in [0, 0.05) is 27.7 Å². The average Bonchev–Trinajstić information content (AvgIpc) is 2.75. The van der Waals surface area contributed by atoms with Gasteiger partial charge >= 0.3 is 29.8 Å². The minimum Gasteiger partial charge on any atom is -0.504 e. The van der Waals surface area contributed by atoms with E-state index in [1.54, 1.807) is 0 Å². The number of phenolic OH excluding ortho intramolecular Hbond substituents is 1. The van der Waals surface area contributed by atoms with Crippen LogP contribution in [-0.2, 0) is 47.6 Å². The number of hydrogen-bond acceptors (Lipinski definition) is 13. The summed E-state index contributed by atoms with van der Waals surface area (Å²) >= 11 is 0. The van der Waals surface area contributed by atoms with E-state index in [0.29, 0.717) is 0 Å². The Balaban J connectivity index is 2.45. The maximum atomic E-state index is 12.8. The molecule has 0 bridgehead atoms.